The molecule has 1 atom stereocenters. The molecule has 2 aromatic heterocycles. The first-order valence-corrected chi connectivity index (χ1v) is 10.4. The van der Waals surface area contributed by atoms with Crippen molar-refractivity contribution in [1.82, 2.24) is 19.9 Å². The molecule has 6 heteroatoms. The zero-order chi connectivity index (χ0) is 19.5. The number of likely N-dealkylation sites (tertiary alicyclic amines) is 1. The topological polar surface area (TPSA) is 62.2 Å². The fourth-order valence-electron chi connectivity index (χ4n) is 4.21. The van der Waals surface area contributed by atoms with Crippen molar-refractivity contribution in [2.45, 2.75) is 51.9 Å². The van der Waals surface area contributed by atoms with Crippen LogP contribution in [0.15, 0.2) is 24.4 Å². The number of carbonyl (C=O) groups excluding carboxylic acids is 1. The Morgan fingerprint density at radius 1 is 1.11 bits per heavy atom. The first kappa shape index (κ1) is 18.8. The molecule has 0 radical (unpaired) electrons. The Bertz CT molecular complexity index is 847. The molecule has 0 aromatic carbocycles. The van der Waals surface area contributed by atoms with E-state index in [1.165, 1.54) is 24.8 Å². The molecule has 0 bridgehead atoms. The second kappa shape index (κ2) is 8.25. The molecule has 2 aliphatic heterocycles. The molecule has 4 heterocycles. The van der Waals surface area contributed by atoms with Crippen molar-refractivity contribution < 1.29 is 4.79 Å². The molecule has 2 fully saturated rings. The minimum Gasteiger partial charge on any atom is -0.342 e. The van der Waals surface area contributed by atoms with Crippen molar-refractivity contribution in [3.8, 4) is 0 Å². The summed E-state index contributed by atoms with van der Waals surface area (Å²) in [6.45, 7) is 7.36. The maximum Gasteiger partial charge on any atom is 0.225 e. The lowest BCUT2D eigenvalue weighted by Crippen LogP contribution is -2.31. The molecular weight excluding hydrogens is 350 g/mol. The van der Waals surface area contributed by atoms with Crippen LogP contribution in [0.2, 0.25) is 0 Å². The lowest BCUT2D eigenvalue weighted by Gasteiger charge is -2.27. The van der Waals surface area contributed by atoms with E-state index in [9.17, 15) is 4.79 Å². The van der Waals surface area contributed by atoms with Gasteiger partial charge in [0.15, 0.2) is 0 Å². The van der Waals surface area contributed by atoms with Gasteiger partial charge in [-0.1, -0.05) is 0 Å². The van der Waals surface area contributed by atoms with Crippen LogP contribution in [-0.2, 0) is 11.2 Å². The number of piperidine rings is 1. The van der Waals surface area contributed by atoms with Crippen LogP contribution in [0.25, 0.3) is 0 Å². The minimum atomic E-state index is 0.150. The summed E-state index contributed by atoms with van der Waals surface area (Å²) in [4.78, 5) is 30.4. The normalized spacial score (nSPS) is 19.9. The summed E-state index contributed by atoms with van der Waals surface area (Å²) in [5, 5.41) is 0. The molecule has 0 N–H and O–H groups in total. The second-order valence-electron chi connectivity index (χ2n) is 8.08. The summed E-state index contributed by atoms with van der Waals surface area (Å²) >= 11 is 0. The zero-order valence-corrected chi connectivity index (χ0v) is 16.9. The predicted molar refractivity (Wildman–Crippen MR) is 109 cm³/mol. The number of aromatic nitrogens is 3. The molecule has 0 aliphatic carbocycles. The largest absolute Gasteiger partial charge is 0.342 e. The molecule has 28 heavy (non-hydrogen) atoms. The van der Waals surface area contributed by atoms with Gasteiger partial charge in [0.2, 0.25) is 11.9 Å². The maximum absolute atomic E-state index is 11.8. The van der Waals surface area contributed by atoms with Gasteiger partial charge in [0, 0.05) is 57.3 Å². The highest BCUT2D eigenvalue weighted by Crippen LogP contribution is 2.28. The number of hydrogen-bond donors (Lipinski definition) is 0. The molecular formula is C22H29N5O. The third-order valence-electron chi connectivity index (χ3n) is 5.81. The Labute approximate surface area is 167 Å². The molecule has 1 amide bonds. The third-order valence-corrected chi connectivity index (χ3v) is 5.81. The summed E-state index contributed by atoms with van der Waals surface area (Å²) in [5.41, 5.74) is 4.33. The average molecular weight is 380 g/mol. The Balaban J connectivity index is 1.63. The van der Waals surface area contributed by atoms with Crippen molar-refractivity contribution in [2.24, 2.45) is 0 Å². The van der Waals surface area contributed by atoms with Gasteiger partial charge in [0.1, 0.15) is 0 Å². The van der Waals surface area contributed by atoms with Crippen LogP contribution in [0.4, 0.5) is 5.95 Å². The van der Waals surface area contributed by atoms with Gasteiger partial charge in [-0.25, -0.2) is 9.97 Å². The Hall–Kier alpha value is -2.50. The fraction of sp³-hybridized carbons (Fsp3) is 0.545. The standard InChI is InChI=1S/C22H29N5O/c1-16-6-8-23-19(12-16)13-20-14-21(18-7-11-27(15-18)17(2)28)25-22(24-20)26-9-4-3-5-10-26/h6,8,12,14,18H,3-5,7,9-11,13,15H2,1-2H3. The van der Waals surface area contributed by atoms with Gasteiger partial charge in [-0.05, 0) is 56.4 Å². The monoisotopic (exact) mass is 379 g/mol. The van der Waals surface area contributed by atoms with Crippen molar-refractivity contribution >= 4 is 11.9 Å². The van der Waals surface area contributed by atoms with Gasteiger partial charge < -0.3 is 9.80 Å². The SMILES string of the molecule is CC(=O)N1CCC(c2cc(Cc3cc(C)ccn3)nc(N3CCCCC3)n2)C1. The Kier molecular flexibility index (Phi) is 5.55. The lowest BCUT2D eigenvalue weighted by atomic mass is 10.0. The van der Waals surface area contributed by atoms with Crippen molar-refractivity contribution in [2.75, 3.05) is 31.1 Å². The van der Waals surface area contributed by atoms with Crippen LogP contribution < -0.4 is 4.90 Å². The molecule has 4 rings (SSSR count). The van der Waals surface area contributed by atoms with E-state index >= 15 is 0 Å². The van der Waals surface area contributed by atoms with Crippen LogP contribution in [0.3, 0.4) is 0 Å². The number of hydrogen-bond acceptors (Lipinski definition) is 5. The van der Waals surface area contributed by atoms with E-state index in [0.717, 1.165) is 55.6 Å². The van der Waals surface area contributed by atoms with Crippen molar-refractivity contribution in [1.29, 1.82) is 0 Å². The lowest BCUT2D eigenvalue weighted by molar-refractivity contribution is -0.127. The Morgan fingerprint density at radius 2 is 1.93 bits per heavy atom. The number of rotatable bonds is 4. The number of pyridine rings is 1. The quantitative estimate of drug-likeness (QED) is 0.817. The predicted octanol–water partition coefficient (Wildman–Crippen LogP) is 3.10. The molecule has 148 valence electrons. The van der Waals surface area contributed by atoms with E-state index in [4.69, 9.17) is 9.97 Å². The van der Waals surface area contributed by atoms with Crippen LogP contribution >= 0.6 is 0 Å². The van der Waals surface area contributed by atoms with Gasteiger partial charge in [0.05, 0.1) is 11.4 Å². The highest BCUT2D eigenvalue weighted by molar-refractivity contribution is 5.73. The third kappa shape index (κ3) is 4.32. The minimum absolute atomic E-state index is 0.150. The van der Waals surface area contributed by atoms with E-state index in [1.54, 1.807) is 6.92 Å². The van der Waals surface area contributed by atoms with E-state index in [-0.39, 0.29) is 5.91 Å². The van der Waals surface area contributed by atoms with Gasteiger partial charge >= 0.3 is 0 Å². The Morgan fingerprint density at radius 3 is 2.64 bits per heavy atom. The van der Waals surface area contributed by atoms with Gasteiger partial charge in [-0.3, -0.25) is 9.78 Å². The van der Waals surface area contributed by atoms with Gasteiger partial charge in [-0.15, -0.1) is 0 Å². The number of carbonyl (C=O) groups is 1. The summed E-state index contributed by atoms with van der Waals surface area (Å²) in [5.74, 6) is 1.29. The number of aryl methyl sites for hydroxylation is 1. The summed E-state index contributed by atoms with van der Waals surface area (Å²) in [7, 11) is 0. The maximum atomic E-state index is 11.8. The summed E-state index contributed by atoms with van der Waals surface area (Å²) in [6.07, 6.45) is 7.22. The molecule has 1 unspecified atom stereocenters. The molecule has 6 nitrogen and oxygen atoms in total. The number of amides is 1. The zero-order valence-electron chi connectivity index (χ0n) is 16.9. The van der Waals surface area contributed by atoms with Crippen LogP contribution in [-0.4, -0.2) is 51.9 Å². The first-order chi connectivity index (χ1) is 13.6. The fourth-order valence-corrected chi connectivity index (χ4v) is 4.21. The van der Waals surface area contributed by atoms with Gasteiger partial charge in [-0.2, -0.15) is 0 Å². The second-order valence-corrected chi connectivity index (χ2v) is 8.08. The van der Waals surface area contributed by atoms with E-state index < -0.39 is 0 Å². The van der Waals surface area contributed by atoms with Crippen LogP contribution in [0, 0.1) is 6.92 Å². The van der Waals surface area contributed by atoms with E-state index in [1.807, 2.05) is 17.2 Å². The van der Waals surface area contributed by atoms with E-state index in [2.05, 4.69) is 28.9 Å². The van der Waals surface area contributed by atoms with Crippen molar-refractivity contribution in [3.05, 3.63) is 47.0 Å². The van der Waals surface area contributed by atoms with E-state index in [0.29, 0.717) is 12.3 Å². The molecule has 2 aromatic rings. The molecule has 0 saturated carbocycles. The highest BCUT2D eigenvalue weighted by Gasteiger charge is 2.28. The van der Waals surface area contributed by atoms with Crippen molar-refractivity contribution in [3.63, 3.8) is 0 Å². The summed E-state index contributed by atoms with van der Waals surface area (Å²) < 4.78 is 0. The average Bonchev–Trinajstić information content (AvgIpc) is 3.19. The first-order valence-electron chi connectivity index (χ1n) is 10.4. The van der Waals surface area contributed by atoms with Crippen LogP contribution in [0.1, 0.15) is 61.2 Å². The number of anilines is 1. The molecule has 2 saturated heterocycles. The molecule has 2 aliphatic rings. The smallest absolute Gasteiger partial charge is 0.225 e. The highest BCUT2D eigenvalue weighted by atomic mass is 16.2. The van der Waals surface area contributed by atoms with Gasteiger partial charge in [0.25, 0.3) is 0 Å². The van der Waals surface area contributed by atoms with Crippen LogP contribution in [0.5, 0.6) is 0 Å². The molecule has 0 spiro atoms. The summed E-state index contributed by atoms with van der Waals surface area (Å²) in [6, 6.07) is 6.27. The number of nitrogens with zero attached hydrogens (tertiary/aromatic N) is 5.